The molecule has 0 atom stereocenters. The minimum Gasteiger partial charge on any atom is -0.346 e. The lowest BCUT2D eigenvalue weighted by Gasteiger charge is -2.04. The third-order valence-corrected chi connectivity index (χ3v) is 3.61. The Kier molecular flexibility index (Phi) is 2.44. The van der Waals surface area contributed by atoms with Crippen LogP contribution < -0.4 is 0 Å². The fourth-order valence-corrected chi connectivity index (χ4v) is 2.64. The lowest BCUT2D eigenvalue weighted by Crippen LogP contribution is -1.95. The van der Waals surface area contributed by atoms with Crippen LogP contribution in [0.25, 0.3) is 33.7 Å². The van der Waals surface area contributed by atoms with Gasteiger partial charge in [0.05, 0.1) is 0 Å². The fraction of sp³-hybridized carbons (Fsp3) is 0.133. The van der Waals surface area contributed by atoms with Crippen LogP contribution in [0, 0.1) is 0 Å². The molecular formula is C15H14N6. The molecule has 0 aromatic carbocycles. The third-order valence-electron chi connectivity index (χ3n) is 3.61. The topological polar surface area (TPSA) is 64.3 Å². The van der Waals surface area contributed by atoms with Crippen LogP contribution in [0.5, 0.6) is 0 Å². The maximum Gasteiger partial charge on any atom is 0.160 e. The molecule has 0 fully saturated rings. The van der Waals surface area contributed by atoms with Crippen molar-refractivity contribution in [2.45, 2.75) is 0 Å². The molecule has 0 aliphatic carbocycles. The lowest BCUT2D eigenvalue weighted by molar-refractivity contribution is 0.765. The molecule has 0 aliphatic heterocycles. The van der Waals surface area contributed by atoms with E-state index in [9.17, 15) is 0 Å². The first-order chi connectivity index (χ1) is 10.2. The largest absolute Gasteiger partial charge is 0.346 e. The number of hydrogen-bond donors (Lipinski definition) is 1. The molecule has 21 heavy (non-hydrogen) atoms. The SMILES string of the molecule is Cn1cc(-c2ccnc3[nH]ccc23)c(-c2nccn2C)n1. The molecule has 0 amide bonds. The summed E-state index contributed by atoms with van der Waals surface area (Å²) in [6.07, 6.45) is 9.44. The molecule has 4 aromatic rings. The van der Waals surface area contributed by atoms with E-state index < -0.39 is 0 Å². The normalized spacial score (nSPS) is 11.3. The van der Waals surface area contributed by atoms with Crippen LogP contribution in [0.1, 0.15) is 0 Å². The summed E-state index contributed by atoms with van der Waals surface area (Å²) in [4.78, 5) is 11.9. The van der Waals surface area contributed by atoms with Gasteiger partial charge in [-0.25, -0.2) is 9.97 Å². The zero-order valence-electron chi connectivity index (χ0n) is 11.8. The van der Waals surface area contributed by atoms with Gasteiger partial charge < -0.3 is 9.55 Å². The van der Waals surface area contributed by atoms with E-state index in [1.54, 1.807) is 6.20 Å². The quantitative estimate of drug-likeness (QED) is 0.612. The maximum atomic E-state index is 4.58. The second-order valence-electron chi connectivity index (χ2n) is 5.03. The van der Waals surface area contributed by atoms with Gasteiger partial charge in [0, 0.05) is 56.0 Å². The second kappa shape index (κ2) is 4.31. The number of aromatic amines is 1. The summed E-state index contributed by atoms with van der Waals surface area (Å²) in [5.41, 5.74) is 3.91. The van der Waals surface area contributed by atoms with Crippen LogP contribution in [0.2, 0.25) is 0 Å². The Morgan fingerprint density at radius 1 is 1.05 bits per heavy atom. The molecule has 0 aliphatic rings. The van der Waals surface area contributed by atoms with Gasteiger partial charge >= 0.3 is 0 Å². The van der Waals surface area contributed by atoms with Crippen LogP contribution in [0.4, 0.5) is 0 Å². The van der Waals surface area contributed by atoms with Gasteiger partial charge in [-0.15, -0.1) is 0 Å². The number of imidazole rings is 1. The highest BCUT2D eigenvalue weighted by Crippen LogP contribution is 2.33. The summed E-state index contributed by atoms with van der Waals surface area (Å²) >= 11 is 0. The standard InChI is InChI=1S/C15H14N6/c1-20-8-7-18-15(20)13-12(9-21(2)19-13)10-3-5-16-14-11(10)4-6-17-14/h3-9H,1-2H3,(H,16,17). The Hall–Kier alpha value is -2.89. The van der Waals surface area contributed by atoms with Gasteiger partial charge in [0.25, 0.3) is 0 Å². The van der Waals surface area contributed by atoms with Gasteiger partial charge in [0.15, 0.2) is 5.82 Å². The Labute approximate surface area is 121 Å². The summed E-state index contributed by atoms with van der Waals surface area (Å²) in [6, 6.07) is 4.05. The van der Waals surface area contributed by atoms with E-state index in [0.29, 0.717) is 0 Å². The number of fused-ring (bicyclic) bond motifs is 1. The first-order valence-electron chi connectivity index (χ1n) is 6.68. The smallest absolute Gasteiger partial charge is 0.160 e. The Morgan fingerprint density at radius 3 is 2.76 bits per heavy atom. The van der Waals surface area contributed by atoms with Gasteiger partial charge in [-0.05, 0) is 17.7 Å². The van der Waals surface area contributed by atoms with Gasteiger partial charge in [0.1, 0.15) is 11.3 Å². The predicted molar refractivity (Wildman–Crippen MR) is 80.5 cm³/mol. The van der Waals surface area contributed by atoms with Crippen molar-refractivity contribution in [3.8, 4) is 22.6 Å². The van der Waals surface area contributed by atoms with E-state index in [1.807, 2.05) is 60.3 Å². The molecule has 104 valence electrons. The monoisotopic (exact) mass is 278 g/mol. The van der Waals surface area contributed by atoms with E-state index in [-0.39, 0.29) is 0 Å². The zero-order chi connectivity index (χ0) is 14.4. The van der Waals surface area contributed by atoms with Crippen molar-refractivity contribution in [2.75, 3.05) is 0 Å². The molecule has 0 radical (unpaired) electrons. The first kappa shape index (κ1) is 11.9. The molecule has 6 nitrogen and oxygen atoms in total. The fourth-order valence-electron chi connectivity index (χ4n) is 2.64. The number of nitrogens with zero attached hydrogens (tertiary/aromatic N) is 5. The van der Waals surface area contributed by atoms with E-state index in [2.05, 4.69) is 20.1 Å². The molecular weight excluding hydrogens is 264 g/mol. The second-order valence-corrected chi connectivity index (χ2v) is 5.03. The summed E-state index contributed by atoms with van der Waals surface area (Å²) in [7, 11) is 3.89. The molecule has 0 unspecified atom stereocenters. The molecule has 6 heteroatoms. The Balaban J connectivity index is 2.02. The highest BCUT2D eigenvalue weighted by Gasteiger charge is 2.17. The average molecular weight is 278 g/mol. The minimum atomic E-state index is 0.853. The first-order valence-corrected chi connectivity index (χ1v) is 6.68. The molecule has 4 heterocycles. The molecule has 0 saturated carbocycles. The third kappa shape index (κ3) is 1.76. The average Bonchev–Trinajstić information content (AvgIpc) is 3.17. The van der Waals surface area contributed by atoms with Gasteiger partial charge in [-0.1, -0.05) is 0 Å². The predicted octanol–water partition coefficient (Wildman–Crippen LogP) is 2.36. The number of pyridine rings is 1. The molecule has 4 rings (SSSR count). The number of H-pyrrole nitrogens is 1. The van der Waals surface area contributed by atoms with Crippen LogP contribution in [-0.2, 0) is 14.1 Å². The molecule has 0 bridgehead atoms. The highest BCUT2D eigenvalue weighted by molar-refractivity contribution is 5.96. The van der Waals surface area contributed by atoms with Crippen LogP contribution in [-0.4, -0.2) is 29.3 Å². The number of rotatable bonds is 2. The van der Waals surface area contributed by atoms with E-state index in [4.69, 9.17) is 0 Å². The van der Waals surface area contributed by atoms with Crippen molar-refractivity contribution in [1.29, 1.82) is 0 Å². The zero-order valence-corrected chi connectivity index (χ0v) is 11.8. The van der Waals surface area contributed by atoms with Crippen molar-refractivity contribution in [1.82, 2.24) is 29.3 Å². The highest BCUT2D eigenvalue weighted by atomic mass is 15.3. The van der Waals surface area contributed by atoms with Crippen molar-refractivity contribution in [3.63, 3.8) is 0 Å². The molecule has 0 spiro atoms. The van der Waals surface area contributed by atoms with Crippen molar-refractivity contribution in [3.05, 3.63) is 43.1 Å². The van der Waals surface area contributed by atoms with E-state index >= 15 is 0 Å². The number of aryl methyl sites for hydroxylation is 2. The molecule has 1 N–H and O–H groups in total. The number of hydrogen-bond acceptors (Lipinski definition) is 3. The summed E-state index contributed by atoms with van der Waals surface area (Å²) in [5, 5.41) is 5.67. The van der Waals surface area contributed by atoms with E-state index in [0.717, 1.165) is 33.7 Å². The Morgan fingerprint density at radius 2 is 1.95 bits per heavy atom. The minimum absolute atomic E-state index is 0.853. The van der Waals surface area contributed by atoms with Gasteiger partial charge in [-0.3, -0.25) is 4.68 Å². The van der Waals surface area contributed by atoms with E-state index in [1.165, 1.54) is 0 Å². The summed E-state index contributed by atoms with van der Waals surface area (Å²) in [5.74, 6) is 0.853. The van der Waals surface area contributed by atoms with Crippen LogP contribution in [0.15, 0.2) is 43.1 Å². The Bertz CT molecular complexity index is 927. The van der Waals surface area contributed by atoms with Crippen molar-refractivity contribution < 1.29 is 0 Å². The van der Waals surface area contributed by atoms with Crippen LogP contribution >= 0.6 is 0 Å². The van der Waals surface area contributed by atoms with Crippen molar-refractivity contribution in [2.24, 2.45) is 14.1 Å². The maximum absolute atomic E-state index is 4.58. The summed E-state index contributed by atoms with van der Waals surface area (Å²) in [6.45, 7) is 0. The van der Waals surface area contributed by atoms with Gasteiger partial charge in [0.2, 0.25) is 0 Å². The molecule has 0 saturated heterocycles. The lowest BCUT2D eigenvalue weighted by atomic mass is 10.0. The van der Waals surface area contributed by atoms with Gasteiger partial charge in [-0.2, -0.15) is 5.10 Å². The van der Waals surface area contributed by atoms with Crippen molar-refractivity contribution >= 4 is 11.0 Å². The summed E-state index contributed by atoms with van der Waals surface area (Å²) < 4.78 is 3.79. The van der Waals surface area contributed by atoms with Crippen LogP contribution in [0.3, 0.4) is 0 Å². The molecule has 4 aromatic heterocycles. The number of nitrogens with one attached hydrogen (secondary N) is 1. The number of aromatic nitrogens is 6.